The van der Waals surface area contributed by atoms with Gasteiger partial charge in [-0.25, -0.2) is 0 Å². The van der Waals surface area contributed by atoms with E-state index in [1.807, 2.05) is 11.0 Å². The molecule has 0 bridgehead atoms. The molecule has 128 valence electrons. The molecule has 2 aliphatic rings. The van der Waals surface area contributed by atoms with Crippen molar-refractivity contribution in [2.75, 3.05) is 30.7 Å². The van der Waals surface area contributed by atoms with E-state index in [2.05, 4.69) is 5.32 Å². The molecule has 0 unspecified atom stereocenters. The number of piperidine rings is 1. The first-order chi connectivity index (χ1) is 11.4. The molecule has 1 fully saturated rings. The molecule has 0 spiro atoms. The van der Waals surface area contributed by atoms with E-state index in [-0.39, 0.29) is 18.2 Å². The van der Waals surface area contributed by atoms with Gasteiger partial charge in [0.15, 0.2) is 5.78 Å². The lowest BCUT2D eigenvalue weighted by molar-refractivity contribution is -0.145. The number of Topliss-reactive ketones (excluding diaryl/α,β-unsaturated/α-hetero) is 1. The summed E-state index contributed by atoms with van der Waals surface area (Å²) >= 11 is 1.45. The number of thioether (sulfide) groups is 1. The molecule has 0 aromatic heterocycles. The van der Waals surface area contributed by atoms with Crippen molar-refractivity contribution in [3.63, 3.8) is 0 Å². The summed E-state index contributed by atoms with van der Waals surface area (Å²) in [5.41, 5.74) is 5.87. The maximum atomic E-state index is 12.5. The lowest BCUT2D eigenvalue weighted by Gasteiger charge is -2.35. The fraction of sp³-hybridized carbons (Fsp3) is 0.438. The molecule has 0 aliphatic carbocycles. The van der Waals surface area contributed by atoms with Crippen LogP contribution in [-0.2, 0) is 9.59 Å². The number of ketones is 1. The summed E-state index contributed by atoms with van der Waals surface area (Å²) in [5, 5.41) is 11.9. The Labute approximate surface area is 143 Å². The van der Waals surface area contributed by atoms with Crippen molar-refractivity contribution >= 4 is 35.1 Å². The SMILES string of the molecule is NC1(C(=O)O)CCN(CC(=O)c2ccc3c(c2)NC(=O)CS3)CC1. The first-order valence-electron chi connectivity index (χ1n) is 7.72. The average Bonchev–Trinajstić information content (AvgIpc) is 2.56. The van der Waals surface area contributed by atoms with Crippen LogP contribution in [0.25, 0.3) is 0 Å². The molecule has 3 rings (SSSR count). The number of nitrogens with one attached hydrogen (secondary N) is 1. The topological polar surface area (TPSA) is 113 Å². The number of hydrogen-bond acceptors (Lipinski definition) is 6. The highest BCUT2D eigenvalue weighted by molar-refractivity contribution is 8.00. The molecular formula is C16H19N3O4S. The van der Waals surface area contributed by atoms with Gasteiger partial charge < -0.3 is 16.2 Å². The summed E-state index contributed by atoms with van der Waals surface area (Å²) in [5.74, 6) is -0.724. The number of aliphatic carboxylic acids is 1. The van der Waals surface area contributed by atoms with Gasteiger partial charge in [0, 0.05) is 23.5 Å². The van der Waals surface area contributed by atoms with Crippen molar-refractivity contribution < 1.29 is 19.5 Å². The number of hydrogen-bond donors (Lipinski definition) is 3. The molecule has 0 radical (unpaired) electrons. The zero-order valence-electron chi connectivity index (χ0n) is 13.1. The minimum atomic E-state index is -1.19. The summed E-state index contributed by atoms with van der Waals surface area (Å²) in [6, 6.07) is 5.31. The smallest absolute Gasteiger partial charge is 0.323 e. The predicted molar refractivity (Wildman–Crippen MR) is 90.4 cm³/mol. The Hall–Kier alpha value is -1.90. The summed E-state index contributed by atoms with van der Waals surface area (Å²) in [6.07, 6.45) is 0.652. The molecule has 1 aromatic rings. The predicted octanol–water partition coefficient (Wildman–Crippen LogP) is 0.791. The van der Waals surface area contributed by atoms with Gasteiger partial charge in [0.2, 0.25) is 5.91 Å². The molecule has 24 heavy (non-hydrogen) atoms. The van der Waals surface area contributed by atoms with Gasteiger partial charge in [0.25, 0.3) is 0 Å². The van der Waals surface area contributed by atoms with Crippen LogP contribution in [0.2, 0.25) is 0 Å². The number of amides is 1. The van der Waals surface area contributed by atoms with Gasteiger partial charge in [-0.1, -0.05) is 6.07 Å². The van der Waals surface area contributed by atoms with Crippen LogP contribution in [0.5, 0.6) is 0 Å². The molecule has 2 heterocycles. The lowest BCUT2D eigenvalue weighted by Crippen LogP contribution is -2.56. The molecule has 4 N–H and O–H groups in total. The van der Waals surface area contributed by atoms with E-state index in [0.717, 1.165) is 4.90 Å². The van der Waals surface area contributed by atoms with Crippen molar-refractivity contribution in [1.82, 2.24) is 4.90 Å². The molecule has 0 atom stereocenters. The van der Waals surface area contributed by atoms with Gasteiger partial charge in [0.1, 0.15) is 5.54 Å². The minimum absolute atomic E-state index is 0.0533. The van der Waals surface area contributed by atoms with E-state index in [1.165, 1.54) is 11.8 Å². The molecule has 1 saturated heterocycles. The number of fused-ring (bicyclic) bond motifs is 1. The quantitative estimate of drug-likeness (QED) is 0.689. The Balaban J connectivity index is 1.63. The second-order valence-corrected chi connectivity index (χ2v) is 7.23. The number of nitrogens with zero attached hydrogens (tertiary/aromatic N) is 1. The van der Waals surface area contributed by atoms with Crippen LogP contribution in [0.15, 0.2) is 23.1 Å². The van der Waals surface area contributed by atoms with Gasteiger partial charge in [0.05, 0.1) is 18.0 Å². The van der Waals surface area contributed by atoms with Gasteiger partial charge in [-0.05, 0) is 25.0 Å². The van der Waals surface area contributed by atoms with Crippen molar-refractivity contribution in [3.05, 3.63) is 23.8 Å². The fourth-order valence-electron chi connectivity index (χ4n) is 2.87. The standard InChI is InChI=1S/C16H19N3O4S/c17-16(15(22)23)3-5-19(6-4-16)8-12(20)10-1-2-13-11(7-10)18-14(21)9-24-13/h1-2,7H,3-6,8-9,17H2,(H,18,21)(H,22,23). The highest BCUT2D eigenvalue weighted by Crippen LogP contribution is 2.32. The van der Waals surface area contributed by atoms with Crippen LogP contribution in [-0.4, -0.2) is 58.6 Å². The van der Waals surface area contributed by atoms with Gasteiger partial charge in [-0.3, -0.25) is 19.3 Å². The molecule has 8 heteroatoms. The number of carbonyl (C=O) groups excluding carboxylic acids is 2. The zero-order chi connectivity index (χ0) is 17.3. The van der Waals surface area contributed by atoms with E-state index in [4.69, 9.17) is 10.8 Å². The van der Waals surface area contributed by atoms with Gasteiger partial charge >= 0.3 is 5.97 Å². The second kappa shape index (κ2) is 6.54. The Bertz CT molecular complexity index is 699. The van der Waals surface area contributed by atoms with Gasteiger partial charge in [-0.15, -0.1) is 11.8 Å². The van der Waals surface area contributed by atoms with E-state index in [0.29, 0.717) is 42.9 Å². The third-order valence-corrected chi connectivity index (χ3v) is 5.55. The lowest BCUT2D eigenvalue weighted by atomic mass is 9.88. The Morgan fingerprint density at radius 1 is 1.33 bits per heavy atom. The maximum absolute atomic E-state index is 12.5. The van der Waals surface area contributed by atoms with Crippen molar-refractivity contribution in [2.24, 2.45) is 5.73 Å². The summed E-state index contributed by atoms with van der Waals surface area (Å²) in [6.45, 7) is 1.17. The Kier molecular flexibility index (Phi) is 4.62. The van der Waals surface area contributed by atoms with Crippen LogP contribution in [0.3, 0.4) is 0 Å². The zero-order valence-corrected chi connectivity index (χ0v) is 13.9. The van der Waals surface area contributed by atoms with Gasteiger partial charge in [-0.2, -0.15) is 0 Å². The summed E-state index contributed by atoms with van der Waals surface area (Å²) in [7, 11) is 0. The van der Waals surface area contributed by atoms with Crippen molar-refractivity contribution in [1.29, 1.82) is 0 Å². The van der Waals surface area contributed by atoms with Crippen LogP contribution in [0.1, 0.15) is 23.2 Å². The van der Waals surface area contributed by atoms with E-state index in [9.17, 15) is 14.4 Å². The number of nitrogens with two attached hydrogens (primary N) is 1. The molecule has 1 aromatic carbocycles. The second-order valence-electron chi connectivity index (χ2n) is 6.21. The van der Waals surface area contributed by atoms with Crippen LogP contribution < -0.4 is 11.1 Å². The van der Waals surface area contributed by atoms with Crippen molar-refractivity contribution in [2.45, 2.75) is 23.3 Å². The Morgan fingerprint density at radius 3 is 2.71 bits per heavy atom. The number of carboxylic acid groups (broad SMARTS) is 1. The highest BCUT2D eigenvalue weighted by Gasteiger charge is 2.37. The molecule has 2 aliphatic heterocycles. The number of rotatable bonds is 4. The van der Waals surface area contributed by atoms with Crippen molar-refractivity contribution in [3.8, 4) is 0 Å². The number of anilines is 1. The highest BCUT2D eigenvalue weighted by atomic mass is 32.2. The Morgan fingerprint density at radius 2 is 2.04 bits per heavy atom. The summed E-state index contributed by atoms with van der Waals surface area (Å²) in [4.78, 5) is 37.9. The monoisotopic (exact) mass is 349 g/mol. The van der Waals surface area contributed by atoms with Crippen LogP contribution in [0.4, 0.5) is 5.69 Å². The third kappa shape index (κ3) is 3.45. The molecule has 7 nitrogen and oxygen atoms in total. The van der Waals surface area contributed by atoms with E-state index in [1.54, 1.807) is 12.1 Å². The third-order valence-electron chi connectivity index (χ3n) is 4.48. The number of carbonyl (C=O) groups is 3. The largest absolute Gasteiger partial charge is 0.480 e. The fourth-order valence-corrected chi connectivity index (χ4v) is 3.66. The number of carboxylic acids is 1. The minimum Gasteiger partial charge on any atom is -0.480 e. The van der Waals surface area contributed by atoms with E-state index >= 15 is 0 Å². The first kappa shape index (κ1) is 16.9. The molecule has 1 amide bonds. The molecule has 0 saturated carbocycles. The number of likely N-dealkylation sites (tertiary alicyclic amines) is 1. The number of benzene rings is 1. The molecular weight excluding hydrogens is 330 g/mol. The summed E-state index contributed by atoms with van der Waals surface area (Å²) < 4.78 is 0. The van der Waals surface area contributed by atoms with E-state index < -0.39 is 11.5 Å². The first-order valence-corrected chi connectivity index (χ1v) is 8.70. The van der Waals surface area contributed by atoms with Crippen LogP contribution in [0, 0.1) is 0 Å². The normalized spacial score (nSPS) is 20.1. The maximum Gasteiger partial charge on any atom is 0.323 e. The average molecular weight is 349 g/mol. The van der Waals surface area contributed by atoms with Crippen LogP contribution >= 0.6 is 11.8 Å².